The summed E-state index contributed by atoms with van der Waals surface area (Å²) in [5, 5.41) is 6.96. The Morgan fingerprint density at radius 3 is 2.92 bits per heavy atom. The van der Waals surface area contributed by atoms with Gasteiger partial charge in [0.05, 0.1) is 11.3 Å². The molecule has 1 aromatic rings. The smallest absolute Gasteiger partial charge is 0.162 e. The number of ether oxygens (including phenoxy) is 1. The van der Waals surface area contributed by atoms with Gasteiger partial charge in [0.15, 0.2) is 5.76 Å². The Labute approximate surface area is 77.2 Å². The number of aromatic nitrogens is 1. The average Bonchev–Trinajstić information content (AvgIpc) is 2.44. The van der Waals surface area contributed by atoms with Gasteiger partial charge in [0.2, 0.25) is 0 Å². The lowest BCUT2D eigenvalue weighted by Crippen LogP contribution is -2.58. The standard InChI is InChI=1S/C9H14N2O2/c1-7-3-8(13-11-7)4-12-9(2)5-10-6-9/h3,10H,4-6H2,1-2H3. The van der Waals surface area contributed by atoms with E-state index in [0.717, 1.165) is 24.5 Å². The Bertz CT molecular complexity index is 292. The lowest BCUT2D eigenvalue weighted by molar-refractivity contribution is -0.0828. The van der Waals surface area contributed by atoms with Crippen molar-refractivity contribution >= 4 is 0 Å². The molecule has 0 unspecified atom stereocenters. The van der Waals surface area contributed by atoms with Crippen molar-refractivity contribution in [2.24, 2.45) is 0 Å². The van der Waals surface area contributed by atoms with Gasteiger partial charge in [-0.3, -0.25) is 0 Å². The Morgan fingerprint density at radius 2 is 2.46 bits per heavy atom. The number of nitrogens with one attached hydrogen (secondary N) is 1. The van der Waals surface area contributed by atoms with Crippen LogP contribution in [0.15, 0.2) is 10.6 Å². The van der Waals surface area contributed by atoms with Crippen LogP contribution in [0.3, 0.4) is 0 Å². The number of aryl methyl sites for hydroxylation is 1. The van der Waals surface area contributed by atoms with Crippen LogP contribution < -0.4 is 5.32 Å². The minimum atomic E-state index is -0.0132. The molecule has 72 valence electrons. The molecule has 1 aliphatic rings. The predicted octanol–water partition coefficient (Wildman–Crippen LogP) is 0.862. The van der Waals surface area contributed by atoms with E-state index in [4.69, 9.17) is 9.26 Å². The zero-order chi connectivity index (χ0) is 9.31. The first kappa shape index (κ1) is 8.72. The van der Waals surface area contributed by atoms with Gasteiger partial charge in [0.25, 0.3) is 0 Å². The fourth-order valence-corrected chi connectivity index (χ4v) is 1.31. The summed E-state index contributed by atoms with van der Waals surface area (Å²) in [6.07, 6.45) is 0. The molecular weight excluding hydrogens is 168 g/mol. The van der Waals surface area contributed by atoms with Gasteiger partial charge >= 0.3 is 0 Å². The van der Waals surface area contributed by atoms with Crippen LogP contribution in [0, 0.1) is 6.92 Å². The molecule has 0 atom stereocenters. The molecule has 1 fully saturated rings. The molecule has 0 amide bonds. The molecular formula is C9H14N2O2. The maximum atomic E-state index is 5.67. The normalized spacial score (nSPS) is 19.8. The minimum absolute atomic E-state index is 0.0132. The van der Waals surface area contributed by atoms with E-state index in [-0.39, 0.29) is 5.60 Å². The third-order valence-corrected chi connectivity index (χ3v) is 2.24. The minimum Gasteiger partial charge on any atom is -0.365 e. The van der Waals surface area contributed by atoms with Crippen LogP contribution in [0.4, 0.5) is 0 Å². The summed E-state index contributed by atoms with van der Waals surface area (Å²) in [6.45, 7) is 6.34. The van der Waals surface area contributed by atoms with Gasteiger partial charge < -0.3 is 14.6 Å². The topological polar surface area (TPSA) is 47.3 Å². The van der Waals surface area contributed by atoms with Crippen LogP contribution in [0.2, 0.25) is 0 Å². The molecule has 1 saturated heterocycles. The third kappa shape index (κ3) is 1.89. The van der Waals surface area contributed by atoms with Crippen molar-refractivity contribution in [1.29, 1.82) is 0 Å². The van der Waals surface area contributed by atoms with Gasteiger partial charge in [-0.2, -0.15) is 0 Å². The van der Waals surface area contributed by atoms with E-state index in [1.807, 2.05) is 13.0 Å². The van der Waals surface area contributed by atoms with Gasteiger partial charge in [-0.05, 0) is 13.8 Å². The Balaban J connectivity index is 1.85. The largest absolute Gasteiger partial charge is 0.365 e. The fourth-order valence-electron chi connectivity index (χ4n) is 1.31. The Morgan fingerprint density at radius 1 is 1.69 bits per heavy atom. The number of hydrogen-bond acceptors (Lipinski definition) is 4. The van der Waals surface area contributed by atoms with Gasteiger partial charge in [-0.1, -0.05) is 5.16 Å². The maximum Gasteiger partial charge on any atom is 0.162 e. The molecule has 4 heteroatoms. The highest BCUT2D eigenvalue weighted by molar-refractivity contribution is 5.02. The molecule has 1 N–H and O–H groups in total. The second-order valence-electron chi connectivity index (χ2n) is 3.78. The van der Waals surface area contributed by atoms with E-state index >= 15 is 0 Å². The van der Waals surface area contributed by atoms with Gasteiger partial charge in [0, 0.05) is 19.2 Å². The van der Waals surface area contributed by atoms with E-state index in [1.165, 1.54) is 0 Å². The SMILES string of the molecule is Cc1cc(COC2(C)CNC2)on1. The molecule has 0 aliphatic carbocycles. The lowest BCUT2D eigenvalue weighted by Gasteiger charge is -2.38. The summed E-state index contributed by atoms with van der Waals surface area (Å²) in [4.78, 5) is 0. The van der Waals surface area contributed by atoms with E-state index < -0.39 is 0 Å². The second-order valence-corrected chi connectivity index (χ2v) is 3.78. The van der Waals surface area contributed by atoms with Crippen molar-refractivity contribution in [3.63, 3.8) is 0 Å². The molecule has 2 heterocycles. The monoisotopic (exact) mass is 182 g/mol. The molecule has 0 aromatic carbocycles. The summed E-state index contributed by atoms with van der Waals surface area (Å²) < 4.78 is 10.7. The predicted molar refractivity (Wildman–Crippen MR) is 47.3 cm³/mol. The van der Waals surface area contributed by atoms with Crippen molar-refractivity contribution < 1.29 is 9.26 Å². The highest BCUT2D eigenvalue weighted by atomic mass is 16.5. The van der Waals surface area contributed by atoms with Crippen LogP contribution in [0.1, 0.15) is 18.4 Å². The highest BCUT2D eigenvalue weighted by Gasteiger charge is 2.32. The molecule has 0 radical (unpaired) electrons. The van der Waals surface area contributed by atoms with Gasteiger partial charge in [0.1, 0.15) is 6.61 Å². The van der Waals surface area contributed by atoms with Crippen molar-refractivity contribution in [2.45, 2.75) is 26.1 Å². The van der Waals surface area contributed by atoms with E-state index in [1.54, 1.807) is 0 Å². The van der Waals surface area contributed by atoms with Crippen molar-refractivity contribution in [1.82, 2.24) is 10.5 Å². The summed E-state index contributed by atoms with van der Waals surface area (Å²) in [6, 6.07) is 1.90. The first-order chi connectivity index (χ1) is 6.18. The Kier molecular flexibility index (Phi) is 2.09. The quantitative estimate of drug-likeness (QED) is 0.753. The number of hydrogen-bond donors (Lipinski definition) is 1. The first-order valence-corrected chi connectivity index (χ1v) is 4.45. The maximum absolute atomic E-state index is 5.67. The lowest BCUT2D eigenvalue weighted by atomic mass is 10.0. The average molecular weight is 182 g/mol. The Hall–Kier alpha value is -0.870. The molecule has 0 bridgehead atoms. The summed E-state index contributed by atoms with van der Waals surface area (Å²) in [7, 11) is 0. The van der Waals surface area contributed by atoms with Crippen LogP contribution >= 0.6 is 0 Å². The number of nitrogens with zero attached hydrogens (tertiary/aromatic N) is 1. The van der Waals surface area contributed by atoms with Crippen LogP contribution in [0.5, 0.6) is 0 Å². The van der Waals surface area contributed by atoms with Crippen molar-refractivity contribution in [3.05, 3.63) is 17.5 Å². The molecule has 0 spiro atoms. The second kappa shape index (κ2) is 3.12. The van der Waals surface area contributed by atoms with Crippen LogP contribution in [-0.2, 0) is 11.3 Å². The van der Waals surface area contributed by atoms with E-state index in [0.29, 0.717) is 6.61 Å². The first-order valence-electron chi connectivity index (χ1n) is 4.45. The van der Waals surface area contributed by atoms with Crippen molar-refractivity contribution in [3.8, 4) is 0 Å². The van der Waals surface area contributed by atoms with E-state index in [9.17, 15) is 0 Å². The summed E-state index contributed by atoms with van der Waals surface area (Å²) in [5.41, 5.74) is 0.885. The molecule has 1 aromatic heterocycles. The van der Waals surface area contributed by atoms with E-state index in [2.05, 4.69) is 17.4 Å². The molecule has 1 aliphatic heterocycles. The van der Waals surface area contributed by atoms with Crippen LogP contribution in [0.25, 0.3) is 0 Å². The van der Waals surface area contributed by atoms with Gasteiger partial charge in [-0.25, -0.2) is 0 Å². The molecule has 2 rings (SSSR count). The van der Waals surface area contributed by atoms with Crippen molar-refractivity contribution in [2.75, 3.05) is 13.1 Å². The fraction of sp³-hybridized carbons (Fsp3) is 0.667. The molecule has 4 nitrogen and oxygen atoms in total. The third-order valence-electron chi connectivity index (χ3n) is 2.24. The number of rotatable bonds is 3. The molecule has 0 saturated carbocycles. The zero-order valence-corrected chi connectivity index (χ0v) is 7.96. The highest BCUT2D eigenvalue weighted by Crippen LogP contribution is 2.17. The molecule has 13 heavy (non-hydrogen) atoms. The zero-order valence-electron chi connectivity index (χ0n) is 7.96. The summed E-state index contributed by atoms with van der Waals surface area (Å²) >= 11 is 0. The van der Waals surface area contributed by atoms with Crippen LogP contribution in [-0.4, -0.2) is 23.8 Å². The van der Waals surface area contributed by atoms with Gasteiger partial charge in [-0.15, -0.1) is 0 Å². The summed E-state index contributed by atoms with van der Waals surface area (Å²) in [5.74, 6) is 0.797.